The van der Waals surface area contributed by atoms with E-state index < -0.39 is 0 Å². The third kappa shape index (κ3) is 5.39. The molecule has 0 bridgehead atoms. The second-order valence-electron chi connectivity index (χ2n) is 7.44. The summed E-state index contributed by atoms with van der Waals surface area (Å²) in [6, 6.07) is 26.3. The van der Waals surface area contributed by atoms with Crippen LogP contribution >= 0.6 is 23.1 Å². The standard InChI is InChI=1S/C25H20N6O2S2/c32-22(28-24-27-19-13-7-8-14-20(19)35-24)16-34-25-30-29-21(31(25)18-11-5-2-6-12-18)15-26-23(33)17-9-3-1-4-10-17/h1-14H,15-16H2,(H,26,33)(H,27,28,32). The highest BCUT2D eigenvalue weighted by molar-refractivity contribution is 7.99. The van der Waals surface area contributed by atoms with Gasteiger partial charge in [-0.25, -0.2) is 4.98 Å². The second kappa shape index (κ2) is 10.5. The molecular formula is C25H20N6O2S2. The first-order valence-corrected chi connectivity index (χ1v) is 12.6. The zero-order valence-electron chi connectivity index (χ0n) is 18.4. The fraction of sp³-hybridized carbons (Fsp3) is 0.0800. The largest absolute Gasteiger partial charge is 0.345 e. The van der Waals surface area contributed by atoms with Crippen molar-refractivity contribution in [3.05, 3.63) is 96.3 Å². The third-order valence-electron chi connectivity index (χ3n) is 5.03. The predicted octanol–water partition coefficient (Wildman–Crippen LogP) is 4.54. The Hall–Kier alpha value is -4.02. The van der Waals surface area contributed by atoms with Crippen LogP contribution in [0, 0.1) is 0 Å². The van der Waals surface area contributed by atoms with Crippen molar-refractivity contribution < 1.29 is 9.59 Å². The first-order chi connectivity index (χ1) is 17.2. The van der Waals surface area contributed by atoms with Crippen molar-refractivity contribution in [2.45, 2.75) is 11.7 Å². The number of carbonyl (C=O) groups excluding carboxylic acids is 2. The highest BCUT2D eigenvalue weighted by Gasteiger charge is 2.17. The minimum Gasteiger partial charge on any atom is -0.345 e. The van der Waals surface area contributed by atoms with Gasteiger partial charge in [-0.15, -0.1) is 10.2 Å². The number of fused-ring (bicyclic) bond motifs is 1. The summed E-state index contributed by atoms with van der Waals surface area (Å²) in [6.45, 7) is 0.189. The minimum atomic E-state index is -0.197. The molecule has 0 aliphatic heterocycles. The van der Waals surface area contributed by atoms with Crippen LogP contribution in [0.5, 0.6) is 0 Å². The average molecular weight is 501 g/mol. The van der Waals surface area contributed by atoms with Gasteiger partial charge in [-0.1, -0.05) is 71.6 Å². The van der Waals surface area contributed by atoms with E-state index in [1.165, 1.54) is 23.1 Å². The number of rotatable bonds is 8. The van der Waals surface area contributed by atoms with Crippen molar-refractivity contribution in [2.75, 3.05) is 11.1 Å². The molecular weight excluding hydrogens is 480 g/mol. The van der Waals surface area contributed by atoms with E-state index in [4.69, 9.17) is 0 Å². The molecule has 0 aliphatic carbocycles. The van der Waals surface area contributed by atoms with Crippen molar-refractivity contribution in [1.29, 1.82) is 0 Å². The monoisotopic (exact) mass is 500 g/mol. The Morgan fingerprint density at radius 3 is 2.37 bits per heavy atom. The smallest absolute Gasteiger partial charge is 0.251 e. The molecule has 2 amide bonds. The van der Waals surface area contributed by atoms with Crippen molar-refractivity contribution >= 4 is 50.3 Å². The van der Waals surface area contributed by atoms with E-state index >= 15 is 0 Å². The lowest BCUT2D eigenvalue weighted by Gasteiger charge is -2.11. The first kappa shape index (κ1) is 22.8. The number of para-hydroxylation sites is 2. The van der Waals surface area contributed by atoms with Gasteiger partial charge in [0.1, 0.15) is 0 Å². The number of anilines is 1. The van der Waals surface area contributed by atoms with E-state index in [1.807, 2.05) is 77.4 Å². The quantitative estimate of drug-likeness (QED) is 0.303. The lowest BCUT2D eigenvalue weighted by atomic mass is 10.2. The molecule has 10 heteroatoms. The lowest BCUT2D eigenvalue weighted by Crippen LogP contribution is -2.24. The fourth-order valence-electron chi connectivity index (χ4n) is 3.41. The van der Waals surface area contributed by atoms with Crippen LogP contribution in [0.2, 0.25) is 0 Å². The Labute approximate surface area is 209 Å². The molecule has 0 unspecified atom stereocenters. The van der Waals surface area contributed by atoms with Crippen molar-refractivity contribution in [1.82, 2.24) is 25.1 Å². The van der Waals surface area contributed by atoms with Crippen molar-refractivity contribution in [3.63, 3.8) is 0 Å². The molecule has 5 rings (SSSR count). The normalized spacial score (nSPS) is 10.9. The van der Waals surface area contributed by atoms with Crippen LogP contribution in [0.1, 0.15) is 16.2 Å². The van der Waals surface area contributed by atoms with E-state index in [0.29, 0.717) is 21.7 Å². The molecule has 35 heavy (non-hydrogen) atoms. The number of aromatic nitrogens is 4. The van der Waals surface area contributed by atoms with Gasteiger partial charge >= 0.3 is 0 Å². The van der Waals surface area contributed by atoms with E-state index in [1.54, 1.807) is 12.1 Å². The predicted molar refractivity (Wildman–Crippen MR) is 138 cm³/mol. The number of benzene rings is 3. The van der Waals surface area contributed by atoms with Gasteiger partial charge in [0.15, 0.2) is 16.1 Å². The molecule has 2 heterocycles. The van der Waals surface area contributed by atoms with Gasteiger partial charge in [-0.3, -0.25) is 14.2 Å². The number of thiazole rings is 1. The Balaban J connectivity index is 1.29. The van der Waals surface area contributed by atoms with Crippen LogP contribution in [0.25, 0.3) is 15.9 Å². The maximum absolute atomic E-state index is 12.6. The summed E-state index contributed by atoms with van der Waals surface area (Å²) in [7, 11) is 0. The maximum atomic E-state index is 12.6. The molecule has 0 radical (unpaired) electrons. The highest BCUT2D eigenvalue weighted by Crippen LogP contribution is 2.26. The number of carbonyl (C=O) groups is 2. The Kier molecular flexibility index (Phi) is 6.82. The summed E-state index contributed by atoms with van der Waals surface area (Å²) in [5, 5.41) is 15.4. The Morgan fingerprint density at radius 1 is 0.886 bits per heavy atom. The molecule has 174 valence electrons. The SMILES string of the molecule is O=C(CSc1nnc(CNC(=O)c2ccccc2)n1-c1ccccc1)Nc1nc2ccccc2s1. The topological polar surface area (TPSA) is 102 Å². The number of hydrogen-bond acceptors (Lipinski definition) is 7. The molecule has 0 saturated heterocycles. The van der Waals surface area contributed by atoms with Gasteiger partial charge in [-0.2, -0.15) is 0 Å². The van der Waals surface area contributed by atoms with Gasteiger partial charge in [0.05, 0.1) is 22.5 Å². The molecule has 5 aromatic rings. The zero-order valence-corrected chi connectivity index (χ0v) is 20.1. The van der Waals surface area contributed by atoms with Crippen molar-refractivity contribution in [3.8, 4) is 5.69 Å². The third-order valence-corrected chi connectivity index (χ3v) is 6.91. The van der Waals surface area contributed by atoms with E-state index in [-0.39, 0.29) is 24.1 Å². The Morgan fingerprint density at radius 2 is 1.60 bits per heavy atom. The zero-order chi connectivity index (χ0) is 24.0. The molecule has 2 aromatic heterocycles. The van der Waals surface area contributed by atoms with Crippen LogP contribution in [0.3, 0.4) is 0 Å². The van der Waals surface area contributed by atoms with Crippen LogP contribution in [-0.2, 0) is 11.3 Å². The summed E-state index contributed by atoms with van der Waals surface area (Å²) >= 11 is 2.70. The molecule has 3 aromatic carbocycles. The van der Waals surface area contributed by atoms with Crippen LogP contribution < -0.4 is 10.6 Å². The van der Waals surface area contributed by atoms with Gasteiger partial charge < -0.3 is 10.6 Å². The van der Waals surface area contributed by atoms with Crippen LogP contribution in [0.15, 0.2) is 90.1 Å². The molecule has 0 aliphatic rings. The van der Waals surface area contributed by atoms with Crippen LogP contribution in [-0.4, -0.2) is 37.3 Å². The highest BCUT2D eigenvalue weighted by atomic mass is 32.2. The molecule has 0 atom stereocenters. The second-order valence-corrected chi connectivity index (χ2v) is 9.42. The lowest BCUT2D eigenvalue weighted by molar-refractivity contribution is -0.113. The molecule has 0 fully saturated rings. The number of thioether (sulfide) groups is 1. The number of nitrogens with one attached hydrogen (secondary N) is 2. The number of amides is 2. The summed E-state index contributed by atoms with van der Waals surface area (Å²) in [6.07, 6.45) is 0. The average Bonchev–Trinajstić information content (AvgIpc) is 3.50. The van der Waals surface area contributed by atoms with Gasteiger partial charge in [0.2, 0.25) is 5.91 Å². The van der Waals surface area contributed by atoms with Gasteiger partial charge in [-0.05, 0) is 36.4 Å². The summed E-state index contributed by atoms with van der Waals surface area (Å²) < 4.78 is 2.86. The minimum absolute atomic E-state index is 0.136. The fourth-order valence-corrected chi connectivity index (χ4v) is 5.06. The molecule has 2 N–H and O–H groups in total. The molecule has 0 spiro atoms. The molecule has 0 saturated carbocycles. The number of hydrogen-bond donors (Lipinski definition) is 2. The van der Waals surface area contributed by atoms with Gasteiger partial charge in [0.25, 0.3) is 5.91 Å². The summed E-state index contributed by atoms with van der Waals surface area (Å²) in [4.78, 5) is 29.6. The Bertz CT molecular complexity index is 1430. The van der Waals surface area contributed by atoms with E-state index in [2.05, 4.69) is 25.8 Å². The summed E-state index contributed by atoms with van der Waals surface area (Å²) in [5.74, 6) is 0.319. The first-order valence-electron chi connectivity index (χ1n) is 10.8. The van der Waals surface area contributed by atoms with Crippen LogP contribution in [0.4, 0.5) is 5.13 Å². The van der Waals surface area contributed by atoms with E-state index in [9.17, 15) is 9.59 Å². The number of nitrogens with zero attached hydrogens (tertiary/aromatic N) is 4. The molecule has 8 nitrogen and oxygen atoms in total. The van der Waals surface area contributed by atoms with E-state index in [0.717, 1.165) is 15.9 Å². The maximum Gasteiger partial charge on any atom is 0.251 e. The summed E-state index contributed by atoms with van der Waals surface area (Å²) in [5.41, 5.74) is 2.27. The van der Waals surface area contributed by atoms with Crippen molar-refractivity contribution in [2.24, 2.45) is 0 Å². The van der Waals surface area contributed by atoms with Gasteiger partial charge in [0, 0.05) is 11.3 Å².